The second-order valence-corrected chi connectivity index (χ2v) is 5.54. The van der Waals surface area contributed by atoms with Crippen LogP contribution in [0.1, 0.15) is 24.5 Å². The molecule has 0 amide bonds. The molecule has 20 heavy (non-hydrogen) atoms. The molecule has 0 radical (unpaired) electrons. The van der Waals surface area contributed by atoms with Gasteiger partial charge < -0.3 is 5.32 Å². The first-order valence-electron chi connectivity index (χ1n) is 6.67. The summed E-state index contributed by atoms with van der Waals surface area (Å²) in [6.07, 6.45) is 2.58. The molecular weight excluding hydrogens is 318 g/mol. The van der Waals surface area contributed by atoms with Gasteiger partial charge in [0.25, 0.3) is 5.56 Å². The van der Waals surface area contributed by atoms with Crippen molar-refractivity contribution in [3.8, 4) is 0 Å². The van der Waals surface area contributed by atoms with Crippen molar-refractivity contribution in [2.45, 2.75) is 33.4 Å². The molecule has 0 atom stereocenters. The highest BCUT2D eigenvalue weighted by Crippen LogP contribution is 2.17. The van der Waals surface area contributed by atoms with E-state index >= 15 is 0 Å². The highest BCUT2D eigenvalue weighted by Gasteiger charge is 2.08. The SMILES string of the molecule is CCCn1ncc(NCc2cccc(C)c2)c(Br)c1=O. The molecule has 1 aromatic heterocycles. The van der Waals surface area contributed by atoms with Crippen LogP contribution >= 0.6 is 15.9 Å². The van der Waals surface area contributed by atoms with Crippen LogP contribution in [0, 0.1) is 6.92 Å². The van der Waals surface area contributed by atoms with Crippen LogP contribution in [0.25, 0.3) is 0 Å². The van der Waals surface area contributed by atoms with E-state index in [4.69, 9.17) is 0 Å². The molecule has 2 aromatic rings. The lowest BCUT2D eigenvalue weighted by Crippen LogP contribution is -2.24. The Balaban J connectivity index is 2.14. The molecule has 0 unspecified atom stereocenters. The van der Waals surface area contributed by atoms with E-state index in [0.717, 1.165) is 12.1 Å². The Hall–Kier alpha value is -1.62. The van der Waals surface area contributed by atoms with E-state index in [1.54, 1.807) is 6.20 Å². The van der Waals surface area contributed by atoms with Crippen LogP contribution in [0.5, 0.6) is 0 Å². The maximum absolute atomic E-state index is 12.1. The summed E-state index contributed by atoms with van der Waals surface area (Å²) in [6, 6.07) is 8.26. The maximum atomic E-state index is 12.1. The Bertz CT molecular complexity index is 652. The smallest absolute Gasteiger partial charge is 0.283 e. The van der Waals surface area contributed by atoms with E-state index in [2.05, 4.69) is 51.5 Å². The number of halogens is 1. The number of aryl methyl sites for hydroxylation is 2. The average molecular weight is 336 g/mol. The lowest BCUT2D eigenvalue weighted by atomic mass is 10.1. The molecule has 106 valence electrons. The lowest BCUT2D eigenvalue weighted by Gasteiger charge is -2.10. The standard InChI is InChI=1S/C15H18BrN3O/c1-3-7-19-15(20)14(16)13(10-18-19)17-9-12-6-4-5-11(2)8-12/h4-6,8,10,17H,3,7,9H2,1-2H3. The summed E-state index contributed by atoms with van der Waals surface area (Å²) in [6.45, 7) is 5.38. The largest absolute Gasteiger partial charge is 0.379 e. The third-order valence-electron chi connectivity index (χ3n) is 2.99. The fourth-order valence-corrected chi connectivity index (χ4v) is 2.43. The fraction of sp³-hybridized carbons (Fsp3) is 0.333. The maximum Gasteiger partial charge on any atom is 0.283 e. The Labute approximate surface area is 127 Å². The van der Waals surface area contributed by atoms with E-state index in [9.17, 15) is 4.79 Å². The highest BCUT2D eigenvalue weighted by molar-refractivity contribution is 9.10. The zero-order chi connectivity index (χ0) is 14.5. The van der Waals surface area contributed by atoms with E-state index in [1.165, 1.54) is 15.8 Å². The van der Waals surface area contributed by atoms with Crippen molar-refractivity contribution in [3.05, 3.63) is 56.4 Å². The molecule has 0 saturated carbocycles. The first kappa shape index (κ1) is 14.8. The van der Waals surface area contributed by atoms with Gasteiger partial charge in [-0.05, 0) is 34.8 Å². The minimum atomic E-state index is -0.0962. The third-order valence-corrected chi connectivity index (χ3v) is 3.75. The van der Waals surface area contributed by atoms with E-state index < -0.39 is 0 Å². The summed E-state index contributed by atoms with van der Waals surface area (Å²) in [4.78, 5) is 12.1. The van der Waals surface area contributed by atoms with Crippen LogP contribution in [-0.4, -0.2) is 9.78 Å². The first-order chi connectivity index (χ1) is 9.61. The monoisotopic (exact) mass is 335 g/mol. The van der Waals surface area contributed by atoms with E-state index in [0.29, 0.717) is 17.6 Å². The number of aromatic nitrogens is 2. The molecule has 1 heterocycles. The number of anilines is 1. The van der Waals surface area contributed by atoms with Crippen LogP contribution in [0.3, 0.4) is 0 Å². The lowest BCUT2D eigenvalue weighted by molar-refractivity contribution is 0.566. The Morgan fingerprint density at radius 1 is 1.40 bits per heavy atom. The number of nitrogens with zero attached hydrogens (tertiary/aromatic N) is 2. The molecule has 4 nitrogen and oxygen atoms in total. The molecule has 0 aliphatic rings. The number of rotatable bonds is 5. The molecule has 0 bridgehead atoms. The number of hydrogen-bond donors (Lipinski definition) is 1. The predicted molar refractivity (Wildman–Crippen MR) is 85.0 cm³/mol. The van der Waals surface area contributed by atoms with Gasteiger partial charge in [0.1, 0.15) is 4.47 Å². The van der Waals surface area contributed by atoms with Crippen molar-refractivity contribution in [3.63, 3.8) is 0 Å². The molecule has 0 aliphatic heterocycles. The fourth-order valence-electron chi connectivity index (χ4n) is 1.98. The van der Waals surface area contributed by atoms with Crippen molar-refractivity contribution in [1.29, 1.82) is 0 Å². The number of nitrogens with one attached hydrogen (secondary N) is 1. The summed E-state index contributed by atoms with van der Waals surface area (Å²) in [5, 5.41) is 7.41. The summed E-state index contributed by atoms with van der Waals surface area (Å²) in [5.74, 6) is 0. The van der Waals surface area contributed by atoms with Gasteiger partial charge >= 0.3 is 0 Å². The zero-order valence-corrected chi connectivity index (χ0v) is 13.3. The molecule has 1 aromatic carbocycles. The summed E-state index contributed by atoms with van der Waals surface area (Å²) in [7, 11) is 0. The van der Waals surface area contributed by atoms with Crippen LogP contribution < -0.4 is 10.9 Å². The average Bonchev–Trinajstić information content (AvgIpc) is 2.43. The topological polar surface area (TPSA) is 46.9 Å². The molecule has 5 heteroatoms. The van der Waals surface area contributed by atoms with Crippen LogP contribution in [0.2, 0.25) is 0 Å². The number of benzene rings is 1. The normalized spacial score (nSPS) is 10.6. The van der Waals surface area contributed by atoms with Crippen molar-refractivity contribution >= 4 is 21.6 Å². The minimum absolute atomic E-state index is 0.0962. The van der Waals surface area contributed by atoms with Crippen molar-refractivity contribution in [2.75, 3.05) is 5.32 Å². The van der Waals surface area contributed by atoms with Crippen LogP contribution in [0.4, 0.5) is 5.69 Å². The van der Waals surface area contributed by atoms with Gasteiger partial charge in [0, 0.05) is 13.1 Å². The summed E-state index contributed by atoms with van der Waals surface area (Å²) in [5.41, 5.74) is 3.03. The number of hydrogen-bond acceptors (Lipinski definition) is 3. The minimum Gasteiger partial charge on any atom is -0.379 e. The molecule has 0 spiro atoms. The predicted octanol–water partition coefficient (Wildman–Crippen LogP) is 3.34. The second-order valence-electron chi connectivity index (χ2n) is 4.74. The van der Waals surface area contributed by atoms with Gasteiger partial charge in [-0.2, -0.15) is 5.10 Å². The molecule has 0 saturated heterocycles. The van der Waals surface area contributed by atoms with E-state index in [-0.39, 0.29) is 5.56 Å². The molecule has 2 rings (SSSR count). The highest BCUT2D eigenvalue weighted by atomic mass is 79.9. The Kier molecular flexibility index (Phi) is 4.95. The molecule has 0 fully saturated rings. The van der Waals surface area contributed by atoms with Crippen LogP contribution in [0.15, 0.2) is 39.7 Å². The summed E-state index contributed by atoms with van der Waals surface area (Å²) >= 11 is 3.35. The third kappa shape index (κ3) is 3.48. The second kappa shape index (κ2) is 6.70. The quantitative estimate of drug-likeness (QED) is 0.911. The van der Waals surface area contributed by atoms with Crippen LogP contribution in [-0.2, 0) is 13.1 Å². The zero-order valence-electron chi connectivity index (χ0n) is 11.7. The van der Waals surface area contributed by atoms with Gasteiger partial charge in [0.2, 0.25) is 0 Å². The molecule has 1 N–H and O–H groups in total. The van der Waals surface area contributed by atoms with Gasteiger partial charge in [0.15, 0.2) is 0 Å². The molecule has 0 aliphatic carbocycles. The van der Waals surface area contributed by atoms with Crippen molar-refractivity contribution < 1.29 is 0 Å². The first-order valence-corrected chi connectivity index (χ1v) is 7.46. The van der Waals surface area contributed by atoms with Crippen molar-refractivity contribution in [1.82, 2.24) is 9.78 Å². The molecular formula is C15H18BrN3O. The van der Waals surface area contributed by atoms with Crippen molar-refractivity contribution in [2.24, 2.45) is 0 Å². The van der Waals surface area contributed by atoms with Gasteiger partial charge in [0.05, 0.1) is 11.9 Å². The van der Waals surface area contributed by atoms with Gasteiger partial charge in [-0.1, -0.05) is 36.8 Å². The Morgan fingerprint density at radius 2 is 2.20 bits per heavy atom. The van der Waals surface area contributed by atoms with Gasteiger partial charge in [-0.15, -0.1) is 0 Å². The van der Waals surface area contributed by atoms with Gasteiger partial charge in [-0.25, -0.2) is 4.68 Å². The Morgan fingerprint density at radius 3 is 2.90 bits per heavy atom. The van der Waals surface area contributed by atoms with E-state index in [1.807, 2.05) is 13.0 Å². The van der Waals surface area contributed by atoms with Gasteiger partial charge in [-0.3, -0.25) is 4.79 Å². The summed E-state index contributed by atoms with van der Waals surface area (Å²) < 4.78 is 2.01.